The van der Waals surface area contributed by atoms with Crippen LogP contribution < -0.4 is 0 Å². The molecule has 4 rings (SSSR count). The third-order valence-electron chi connectivity index (χ3n) is 3.83. The summed E-state index contributed by atoms with van der Waals surface area (Å²) in [4.78, 5) is 27.4. The van der Waals surface area contributed by atoms with Crippen molar-refractivity contribution < 1.29 is 18.5 Å². The van der Waals surface area contributed by atoms with E-state index in [2.05, 4.69) is 4.98 Å². The van der Waals surface area contributed by atoms with Gasteiger partial charge >= 0.3 is 5.88 Å². The van der Waals surface area contributed by atoms with Gasteiger partial charge in [0, 0.05) is 11.6 Å². The fraction of sp³-hybridized carbons (Fsp3) is 0. The monoisotopic (exact) mass is 351 g/mol. The lowest BCUT2D eigenvalue weighted by Crippen LogP contribution is -2.13. The van der Waals surface area contributed by atoms with Crippen molar-refractivity contribution in [2.75, 3.05) is 0 Å². The summed E-state index contributed by atoms with van der Waals surface area (Å²) in [6, 6.07) is 14.8. The number of carbonyl (C=O) groups excluding carboxylic acids is 1. The molecule has 0 radical (unpaired) electrons. The molecule has 0 saturated heterocycles. The molecule has 0 spiro atoms. The average Bonchev–Trinajstić information content (AvgIpc) is 3.26. The second-order valence-corrected chi connectivity index (χ2v) is 5.47. The largest absolute Gasteiger partial charge is 0.433 e. The second kappa shape index (κ2) is 5.92. The zero-order valence-corrected chi connectivity index (χ0v) is 13.1. The molecule has 4 aromatic rings. The molecule has 0 amide bonds. The van der Waals surface area contributed by atoms with Crippen LogP contribution in [-0.4, -0.2) is 20.4 Å². The number of benzene rings is 2. The van der Waals surface area contributed by atoms with E-state index in [0.29, 0.717) is 11.1 Å². The van der Waals surface area contributed by atoms with E-state index in [4.69, 9.17) is 4.42 Å². The number of imidazole rings is 1. The Morgan fingerprint density at radius 2 is 1.88 bits per heavy atom. The molecule has 0 fully saturated rings. The molecule has 2 aromatic heterocycles. The van der Waals surface area contributed by atoms with Gasteiger partial charge in [-0.05, 0) is 30.3 Å². The number of halogens is 1. The molecule has 0 unspecified atom stereocenters. The number of rotatable bonds is 3. The highest BCUT2D eigenvalue weighted by Gasteiger charge is 2.23. The summed E-state index contributed by atoms with van der Waals surface area (Å²) >= 11 is 0. The van der Waals surface area contributed by atoms with Crippen LogP contribution in [0.3, 0.4) is 0 Å². The Labute approximate surface area is 145 Å². The van der Waals surface area contributed by atoms with Gasteiger partial charge in [-0.3, -0.25) is 19.5 Å². The molecular weight excluding hydrogens is 341 g/mol. The minimum atomic E-state index is -0.685. The molecule has 0 aliphatic heterocycles. The average molecular weight is 351 g/mol. The summed E-state index contributed by atoms with van der Waals surface area (Å²) in [6.45, 7) is 0. The van der Waals surface area contributed by atoms with Crippen LogP contribution in [0.15, 0.2) is 65.1 Å². The van der Waals surface area contributed by atoms with E-state index in [1.54, 1.807) is 30.3 Å². The first kappa shape index (κ1) is 15.7. The van der Waals surface area contributed by atoms with E-state index < -0.39 is 22.5 Å². The molecule has 0 aliphatic rings. The standard InChI is InChI=1S/C18H10FN3O4/c19-12-6-7-14-13(10-12)20-17(15-8-9-16(26-15)22(24)25)21(14)18(23)11-4-2-1-3-5-11/h1-10H. The van der Waals surface area contributed by atoms with Gasteiger partial charge in [-0.25, -0.2) is 9.37 Å². The van der Waals surface area contributed by atoms with Gasteiger partial charge in [-0.2, -0.15) is 0 Å². The van der Waals surface area contributed by atoms with Crippen LogP contribution in [0, 0.1) is 15.9 Å². The van der Waals surface area contributed by atoms with Crippen molar-refractivity contribution in [2.24, 2.45) is 0 Å². The number of carbonyl (C=O) groups is 1. The molecule has 2 heterocycles. The van der Waals surface area contributed by atoms with Crippen LogP contribution in [0.5, 0.6) is 0 Å². The summed E-state index contributed by atoms with van der Waals surface area (Å²) in [7, 11) is 0. The van der Waals surface area contributed by atoms with Gasteiger partial charge in [0.25, 0.3) is 5.91 Å². The van der Waals surface area contributed by atoms with Gasteiger partial charge in [-0.15, -0.1) is 0 Å². The van der Waals surface area contributed by atoms with Crippen molar-refractivity contribution in [1.29, 1.82) is 0 Å². The summed E-state index contributed by atoms with van der Waals surface area (Å²) in [5.74, 6) is -1.29. The van der Waals surface area contributed by atoms with Gasteiger partial charge in [0.05, 0.1) is 17.1 Å². The first-order valence-electron chi connectivity index (χ1n) is 7.57. The Bertz CT molecular complexity index is 1150. The maximum absolute atomic E-state index is 13.6. The third kappa shape index (κ3) is 2.53. The summed E-state index contributed by atoms with van der Waals surface area (Å²) in [5, 5.41) is 10.9. The van der Waals surface area contributed by atoms with Crippen LogP contribution in [0.25, 0.3) is 22.6 Å². The fourth-order valence-electron chi connectivity index (χ4n) is 2.68. The maximum atomic E-state index is 13.6. The van der Waals surface area contributed by atoms with Crippen molar-refractivity contribution in [3.05, 3.63) is 82.2 Å². The Balaban J connectivity index is 1.96. The molecule has 7 nitrogen and oxygen atoms in total. The smallest absolute Gasteiger partial charge is 0.397 e. The van der Waals surface area contributed by atoms with Gasteiger partial charge in [0.2, 0.25) is 0 Å². The normalized spacial score (nSPS) is 11.0. The molecule has 8 heteroatoms. The lowest BCUT2D eigenvalue weighted by atomic mass is 10.2. The lowest BCUT2D eigenvalue weighted by Gasteiger charge is -2.06. The first-order chi connectivity index (χ1) is 12.5. The van der Waals surface area contributed by atoms with Gasteiger partial charge in [-0.1, -0.05) is 18.2 Å². The van der Waals surface area contributed by atoms with Crippen molar-refractivity contribution in [3.8, 4) is 11.6 Å². The molecule has 0 N–H and O–H groups in total. The van der Waals surface area contributed by atoms with Gasteiger partial charge in [0.1, 0.15) is 10.7 Å². The topological polar surface area (TPSA) is 91.2 Å². The molecule has 0 bridgehead atoms. The van der Waals surface area contributed by atoms with Crippen LogP contribution in [0.2, 0.25) is 0 Å². The van der Waals surface area contributed by atoms with Crippen molar-refractivity contribution >= 4 is 22.8 Å². The summed E-state index contributed by atoms with van der Waals surface area (Å²) < 4.78 is 20.0. The van der Waals surface area contributed by atoms with Gasteiger partial charge in [0.15, 0.2) is 11.6 Å². The fourth-order valence-corrected chi connectivity index (χ4v) is 2.68. The molecule has 0 saturated carbocycles. The van der Waals surface area contributed by atoms with Crippen molar-refractivity contribution in [3.63, 3.8) is 0 Å². The van der Waals surface area contributed by atoms with E-state index in [-0.39, 0.29) is 17.1 Å². The number of hydrogen-bond donors (Lipinski definition) is 0. The highest BCUT2D eigenvalue weighted by molar-refractivity contribution is 6.03. The van der Waals surface area contributed by atoms with E-state index in [0.717, 1.165) is 0 Å². The second-order valence-electron chi connectivity index (χ2n) is 5.47. The minimum Gasteiger partial charge on any atom is -0.397 e. The van der Waals surface area contributed by atoms with Crippen LogP contribution in [-0.2, 0) is 0 Å². The molecule has 128 valence electrons. The molecule has 0 aliphatic carbocycles. The number of hydrogen-bond acceptors (Lipinski definition) is 5. The quantitative estimate of drug-likeness (QED) is 0.410. The third-order valence-corrected chi connectivity index (χ3v) is 3.83. The number of fused-ring (bicyclic) bond motifs is 1. The first-order valence-corrected chi connectivity index (χ1v) is 7.57. The zero-order chi connectivity index (χ0) is 18.3. The molecular formula is C18H10FN3O4. The summed E-state index contributed by atoms with van der Waals surface area (Å²) in [6.07, 6.45) is 0. The van der Waals surface area contributed by atoms with E-state index in [1.807, 2.05) is 0 Å². The number of furan rings is 1. The zero-order valence-electron chi connectivity index (χ0n) is 13.1. The highest BCUT2D eigenvalue weighted by Crippen LogP contribution is 2.30. The number of nitro groups is 1. The van der Waals surface area contributed by atoms with E-state index in [1.165, 1.54) is 34.9 Å². The SMILES string of the molecule is O=C(c1ccccc1)n1c(-c2ccc([N+](=O)[O-])o2)nc2cc(F)ccc21. The van der Waals surface area contributed by atoms with E-state index in [9.17, 15) is 19.3 Å². The lowest BCUT2D eigenvalue weighted by molar-refractivity contribution is -0.401. The highest BCUT2D eigenvalue weighted by atomic mass is 19.1. The predicted octanol–water partition coefficient (Wildman–Crippen LogP) is 4.03. The van der Waals surface area contributed by atoms with Crippen LogP contribution in [0.4, 0.5) is 10.3 Å². The maximum Gasteiger partial charge on any atom is 0.433 e. The van der Waals surface area contributed by atoms with Crippen LogP contribution >= 0.6 is 0 Å². The molecule has 26 heavy (non-hydrogen) atoms. The van der Waals surface area contributed by atoms with Crippen LogP contribution in [0.1, 0.15) is 10.4 Å². The van der Waals surface area contributed by atoms with Crippen molar-refractivity contribution in [1.82, 2.24) is 9.55 Å². The van der Waals surface area contributed by atoms with Gasteiger partial charge < -0.3 is 4.42 Å². The van der Waals surface area contributed by atoms with Crippen molar-refractivity contribution in [2.45, 2.75) is 0 Å². The Morgan fingerprint density at radius 3 is 2.58 bits per heavy atom. The predicted molar refractivity (Wildman–Crippen MR) is 90.2 cm³/mol. The van der Waals surface area contributed by atoms with E-state index >= 15 is 0 Å². The number of nitrogens with zero attached hydrogens (tertiary/aromatic N) is 3. The Kier molecular flexibility index (Phi) is 3.58. The molecule has 0 atom stereocenters. The Morgan fingerprint density at radius 1 is 1.12 bits per heavy atom. The minimum absolute atomic E-state index is 0.0394. The summed E-state index contributed by atoms with van der Waals surface area (Å²) in [5.41, 5.74) is 0.996. The Hall–Kier alpha value is -3.81. The molecule has 2 aromatic carbocycles. The number of aromatic nitrogens is 2.